The second kappa shape index (κ2) is 7.21. The van der Waals surface area contributed by atoms with E-state index in [1.807, 2.05) is 13.0 Å². The van der Waals surface area contributed by atoms with Gasteiger partial charge in [0.05, 0.1) is 29.7 Å². The fourth-order valence-electron chi connectivity index (χ4n) is 3.31. The van der Waals surface area contributed by atoms with Crippen molar-refractivity contribution < 1.29 is 4.39 Å². The maximum atomic E-state index is 14.1. The fraction of sp³-hybridized carbons (Fsp3) is 0.211. The Balaban J connectivity index is 1.45. The lowest BCUT2D eigenvalue weighted by Gasteiger charge is -2.21. The van der Waals surface area contributed by atoms with Gasteiger partial charge in [-0.3, -0.25) is 10.1 Å². The van der Waals surface area contributed by atoms with Gasteiger partial charge in [-0.1, -0.05) is 0 Å². The van der Waals surface area contributed by atoms with E-state index >= 15 is 0 Å². The molecule has 5 heterocycles. The van der Waals surface area contributed by atoms with Gasteiger partial charge in [0, 0.05) is 35.9 Å². The molecule has 8 nitrogen and oxygen atoms in total. The van der Waals surface area contributed by atoms with Gasteiger partial charge < -0.3 is 10.2 Å². The molecule has 4 aromatic rings. The molecule has 4 aromatic heterocycles. The highest BCUT2D eigenvalue weighted by molar-refractivity contribution is 7.16. The van der Waals surface area contributed by atoms with Crippen LogP contribution in [0, 0.1) is 12.7 Å². The van der Waals surface area contributed by atoms with Crippen LogP contribution in [0.2, 0.25) is 0 Å². The molecule has 1 aliphatic heterocycles. The molecule has 0 bridgehead atoms. The molecule has 0 amide bonds. The highest BCUT2D eigenvalue weighted by Crippen LogP contribution is 2.39. The van der Waals surface area contributed by atoms with Gasteiger partial charge in [0.25, 0.3) is 0 Å². The number of aryl methyl sites for hydroxylation is 1. The number of hydrogen-bond acceptors (Lipinski definition) is 8. The molecule has 1 aliphatic rings. The van der Waals surface area contributed by atoms with Crippen molar-refractivity contribution in [2.75, 3.05) is 16.8 Å². The van der Waals surface area contributed by atoms with Crippen LogP contribution in [0.4, 0.5) is 21.3 Å². The van der Waals surface area contributed by atoms with Crippen molar-refractivity contribution in [1.82, 2.24) is 30.1 Å². The van der Waals surface area contributed by atoms with E-state index in [0.29, 0.717) is 24.7 Å². The van der Waals surface area contributed by atoms with E-state index in [-0.39, 0.29) is 5.82 Å². The number of rotatable bonds is 4. The molecule has 0 aromatic carbocycles. The largest absolute Gasteiger partial charge is 0.350 e. The third kappa shape index (κ3) is 3.42. The summed E-state index contributed by atoms with van der Waals surface area (Å²) in [5.41, 5.74) is 3.06. The number of nitrogens with zero attached hydrogens (tertiary/aromatic N) is 6. The summed E-state index contributed by atoms with van der Waals surface area (Å²) in [6.45, 7) is 2.97. The van der Waals surface area contributed by atoms with Gasteiger partial charge in [0.1, 0.15) is 11.6 Å². The summed E-state index contributed by atoms with van der Waals surface area (Å²) >= 11 is 1.57. The van der Waals surface area contributed by atoms with Crippen molar-refractivity contribution in [2.24, 2.45) is 0 Å². The Morgan fingerprint density at radius 2 is 2.17 bits per heavy atom. The van der Waals surface area contributed by atoms with E-state index in [1.165, 1.54) is 6.07 Å². The number of fused-ring (bicyclic) bond motifs is 3. The first kappa shape index (κ1) is 17.7. The Labute approximate surface area is 169 Å². The third-order valence-electron chi connectivity index (χ3n) is 4.69. The standard InChI is InChI=1S/C19H17FN8S/c1-11-4-7-22-18(24-11)26-19-25-16-12-9-23-27-17(12)28(8-5-15(16)29-19)10-14-13(20)3-2-6-21-14/h2-4,6-7,9H,5,8,10H2,1H3,(H,23,27)(H,22,24,25,26). The topological polar surface area (TPSA) is 95.5 Å². The van der Waals surface area contributed by atoms with Crippen LogP contribution in [-0.2, 0) is 13.0 Å². The molecule has 0 atom stereocenters. The highest BCUT2D eigenvalue weighted by Gasteiger charge is 2.26. The first-order valence-electron chi connectivity index (χ1n) is 9.12. The normalized spacial score (nSPS) is 13.0. The lowest BCUT2D eigenvalue weighted by atomic mass is 10.2. The Morgan fingerprint density at radius 1 is 1.24 bits per heavy atom. The number of H-pyrrole nitrogens is 1. The quantitative estimate of drug-likeness (QED) is 0.534. The Kier molecular flexibility index (Phi) is 4.39. The van der Waals surface area contributed by atoms with Crippen LogP contribution in [0.5, 0.6) is 0 Å². The van der Waals surface area contributed by atoms with Crippen LogP contribution < -0.4 is 10.2 Å². The highest BCUT2D eigenvalue weighted by atomic mass is 32.1. The predicted molar refractivity (Wildman–Crippen MR) is 109 cm³/mol. The average Bonchev–Trinajstić information content (AvgIpc) is 3.31. The van der Waals surface area contributed by atoms with Crippen LogP contribution in [0.25, 0.3) is 11.3 Å². The van der Waals surface area contributed by atoms with Crippen LogP contribution >= 0.6 is 11.3 Å². The molecule has 2 N–H and O–H groups in total. The van der Waals surface area contributed by atoms with E-state index in [0.717, 1.165) is 39.2 Å². The lowest BCUT2D eigenvalue weighted by Crippen LogP contribution is -2.26. The first-order valence-corrected chi connectivity index (χ1v) is 9.93. The Hall–Kier alpha value is -3.40. The van der Waals surface area contributed by atoms with Gasteiger partial charge in [-0.25, -0.2) is 19.3 Å². The smallest absolute Gasteiger partial charge is 0.229 e. The van der Waals surface area contributed by atoms with Gasteiger partial charge in [-0.2, -0.15) is 5.10 Å². The van der Waals surface area contributed by atoms with Gasteiger partial charge in [0.2, 0.25) is 5.95 Å². The van der Waals surface area contributed by atoms with Crippen LogP contribution in [-0.4, -0.2) is 36.7 Å². The van der Waals surface area contributed by atoms with Gasteiger partial charge in [-0.05, 0) is 25.1 Å². The summed E-state index contributed by atoms with van der Waals surface area (Å²) in [6.07, 6.45) is 5.86. The van der Waals surface area contributed by atoms with Crippen LogP contribution in [0.15, 0.2) is 36.8 Å². The molecule has 146 valence electrons. The zero-order valence-electron chi connectivity index (χ0n) is 15.6. The molecule has 0 saturated heterocycles. The van der Waals surface area contributed by atoms with Crippen molar-refractivity contribution >= 4 is 28.2 Å². The molecule has 0 fully saturated rings. The van der Waals surface area contributed by atoms with Crippen molar-refractivity contribution in [1.29, 1.82) is 0 Å². The summed E-state index contributed by atoms with van der Waals surface area (Å²) < 4.78 is 14.1. The van der Waals surface area contributed by atoms with E-state index in [2.05, 4.69) is 35.4 Å². The first-order chi connectivity index (χ1) is 14.2. The van der Waals surface area contributed by atoms with E-state index in [4.69, 9.17) is 4.98 Å². The summed E-state index contributed by atoms with van der Waals surface area (Å²) in [7, 11) is 0. The number of pyridine rings is 1. The van der Waals surface area contributed by atoms with Crippen molar-refractivity contribution in [2.45, 2.75) is 19.9 Å². The van der Waals surface area contributed by atoms with Gasteiger partial charge >= 0.3 is 0 Å². The minimum atomic E-state index is -0.310. The van der Waals surface area contributed by atoms with E-state index in [1.54, 1.807) is 36.0 Å². The second-order valence-electron chi connectivity index (χ2n) is 6.67. The third-order valence-corrected chi connectivity index (χ3v) is 5.72. The monoisotopic (exact) mass is 408 g/mol. The molecular weight excluding hydrogens is 391 g/mol. The van der Waals surface area contributed by atoms with Crippen molar-refractivity contribution in [3.05, 3.63) is 58.9 Å². The zero-order chi connectivity index (χ0) is 19.8. The number of anilines is 3. The Morgan fingerprint density at radius 3 is 3.03 bits per heavy atom. The molecule has 29 heavy (non-hydrogen) atoms. The van der Waals surface area contributed by atoms with E-state index in [9.17, 15) is 4.39 Å². The minimum absolute atomic E-state index is 0.310. The molecule has 0 aliphatic carbocycles. The van der Waals surface area contributed by atoms with Crippen LogP contribution in [0.3, 0.4) is 0 Å². The molecule has 0 radical (unpaired) electrons. The minimum Gasteiger partial charge on any atom is -0.350 e. The number of aromatic amines is 1. The summed E-state index contributed by atoms with van der Waals surface area (Å²) in [5.74, 6) is 1.03. The fourth-order valence-corrected chi connectivity index (χ4v) is 4.26. The predicted octanol–water partition coefficient (Wildman–Crippen LogP) is 3.47. The number of halogens is 1. The summed E-state index contributed by atoms with van der Waals surface area (Å²) in [5, 5.41) is 11.2. The van der Waals surface area contributed by atoms with Crippen LogP contribution in [0.1, 0.15) is 16.3 Å². The molecule has 0 spiro atoms. The number of aromatic nitrogens is 6. The molecule has 0 unspecified atom stereocenters. The van der Waals surface area contributed by atoms with Gasteiger partial charge in [-0.15, -0.1) is 11.3 Å². The van der Waals surface area contributed by atoms with Crippen molar-refractivity contribution in [3.8, 4) is 11.3 Å². The maximum Gasteiger partial charge on any atom is 0.229 e. The summed E-state index contributed by atoms with van der Waals surface area (Å²) in [6, 6.07) is 4.87. The van der Waals surface area contributed by atoms with Gasteiger partial charge in [0.15, 0.2) is 5.13 Å². The summed E-state index contributed by atoms with van der Waals surface area (Å²) in [4.78, 5) is 20.7. The number of thiazole rings is 1. The zero-order valence-corrected chi connectivity index (χ0v) is 16.4. The SMILES string of the molecule is Cc1ccnc(Nc2nc3c(s2)CCN(Cc2ncccc2F)c2[nH]ncc2-3)n1. The molecular formula is C19H17FN8S. The average molecular weight is 408 g/mol. The second-order valence-corrected chi connectivity index (χ2v) is 7.76. The lowest BCUT2D eigenvalue weighted by molar-refractivity contribution is 0.591. The number of nitrogens with one attached hydrogen (secondary N) is 2. The molecule has 10 heteroatoms. The number of hydrogen-bond donors (Lipinski definition) is 2. The van der Waals surface area contributed by atoms with E-state index < -0.39 is 0 Å². The molecule has 0 saturated carbocycles. The van der Waals surface area contributed by atoms with Crippen molar-refractivity contribution in [3.63, 3.8) is 0 Å². The maximum absolute atomic E-state index is 14.1. The Bertz CT molecular complexity index is 1170. The molecule has 5 rings (SSSR count).